The van der Waals surface area contributed by atoms with Gasteiger partial charge in [0.2, 0.25) is 0 Å². The summed E-state index contributed by atoms with van der Waals surface area (Å²) in [7, 11) is 2.16. The second-order valence-electron chi connectivity index (χ2n) is 6.86. The van der Waals surface area contributed by atoms with Gasteiger partial charge in [-0.2, -0.15) is 0 Å². The summed E-state index contributed by atoms with van der Waals surface area (Å²) in [5.74, 6) is 0.0833. The average molecular weight is 316 g/mol. The normalized spacial score (nSPS) is 22.9. The van der Waals surface area contributed by atoms with E-state index < -0.39 is 0 Å². The molecule has 0 aromatic carbocycles. The number of likely N-dealkylation sites (N-methyl/N-ethyl adjacent to an activating group) is 1. The van der Waals surface area contributed by atoms with Crippen LogP contribution in [-0.4, -0.2) is 77.9 Å². The minimum Gasteiger partial charge on any atom is -0.334 e. The first kappa shape index (κ1) is 16.4. The number of aryl methyl sites for hydroxylation is 1. The Bertz CT molecular complexity index is 530. The maximum atomic E-state index is 12.7. The Morgan fingerprint density at radius 2 is 2.04 bits per heavy atom. The lowest BCUT2D eigenvalue weighted by molar-refractivity contribution is 0.0187. The van der Waals surface area contributed by atoms with Crippen molar-refractivity contribution in [2.24, 2.45) is 0 Å². The fourth-order valence-electron chi connectivity index (χ4n) is 3.54. The quantitative estimate of drug-likeness (QED) is 0.844. The molecule has 5 nitrogen and oxygen atoms in total. The van der Waals surface area contributed by atoms with Gasteiger partial charge in [0.1, 0.15) is 5.69 Å². The summed E-state index contributed by atoms with van der Waals surface area (Å²) in [5.41, 5.74) is 1.81. The van der Waals surface area contributed by atoms with Gasteiger partial charge in [-0.1, -0.05) is 19.4 Å². The Morgan fingerprint density at radius 1 is 1.22 bits per heavy atom. The van der Waals surface area contributed by atoms with Crippen LogP contribution < -0.4 is 0 Å². The third-order valence-corrected chi connectivity index (χ3v) is 5.05. The Labute approximate surface area is 139 Å². The average Bonchev–Trinajstić information content (AvgIpc) is 2.59. The van der Waals surface area contributed by atoms with E-state index in [9.17, 15) is 4.79 Å². The summed E-state index contributed by atoms with van der Waals surface area (Å²) in [6, 6.07) is 4.42. The SMILES string of the molecule is CCCCc1ccc(C(=O)N2CCN3CCN(C)C[C@H]3C2)nc1. The summed E-state index contributed by atoms with van der Waals surface area (Å²) >= 11 is 0. The predicted molar refractivity (Wildman–Crippen MR) is 91.6 cm³/mol. The molecule has 2 saturated heterocycles. The van der Waals surface area contributed by atoms with E-state index in [1.807, 2.05) is 17.2 Å². The highest BCUT2D eigenvalue weighted by Crippen LogP contribution is 2.16. The molecular weight excluding hydrogens is 288 g/mol. The standard InChI is InChI=1S/C18H28N4O/c1-3-4-5-15-6-7-17(19-12-15)18(23)22-11-10-21-9-8-20(2)13-16(21)14-22/h6-7,12,16H,3-5,8-11,13-14H2,1-2H3/t16-/m0/s1. The first-order chi connectivity index (χ1) is 11.2. The van der Waals surface area contributed by atoms with Gasteiger partial charge in [-0.05, 0) is 31.5 Å². The summed E-state index contributed by atoms with van der Waals surface area (Å²) in [6.45, 7) is 8.11. The molecule has 0 radical (unpaired) electrons. The number of unbranched alkanes of at least 4 members (excludes halogenated alkanes) is 1. The molecule has 5 heteroatoms. The number of piperazine rings is 2. The van der Waals surface area contributed by atoms with Crippen LogP contribution in [0.2, 0.25) is 0 Å². The first-order valence-corrected chi connectivity index (χ1v) is 8.84. The van der Waals surface area contributed by atoms with Crippen LogP contribution in [0.4, 0.5) is 0 Å². The zero-order valence-corrected chi connectivity index (χ0v) is 14.4. The van der Waals surface area contributed by atoms with Gasteiger partial charge >= 0.3 is 0 Å². The molecule has 0 spiro atoms. The molecular formula is C18H28N4O. The van der Waals surface area contributed by atoms with Crippen molar-refractivity contribution in [1.29, 1.82) is 0 Å². The van der Waals surface area contributed by atoms with E-state index in [0.717, 1.165) is 45.7 Å². The van der Waals surface area contributed by atoms with Crippen LogP contribution in [-0.2, 0) is 6.42 Å². The molecule has 1 atom stereocenters. The zero-order chi connectivity index (χ0) is 16.2. The number of rotatable bonds is 4. The maximum absolute atomic E-state index is 12.7. The highest BCUT2D eigenvalue weighted by atomic mass is 16.2. The number of nitrogens with zero attached hydrogens (tertiary/aromatic N) is 4. The predicted octanol–water partition coefficient (Wildman–Crippen LogP) is 1.50. The van der Waals surface area contributed by atoms with E-state index in [4.69, 9.17) is 0 Å². The molecule has 23 heavy (non-hydrogen) atoms. The highest BCUT2D eigenvalue weighted by molar-refractivity contribution is 5.92. The Balaban J connectivity index is 1.61. The molecule has 0 saturated carbocycles. The number of hydrogen-bond donors (Lipinski definition) is 0. The monoisotopic (exact) mass is 316 g/mol. The number of carbonyl (C=O) groups is 1. The topological polar surface area (TPSA) is 39.7 Å². The summed E-state index contributed by atoms with van der Waals surface area (Å²) < 4.78 is 0. The molecule has 0 aliphatic carbocycles. The molecule has 0 unspecified atom stereocenters. The Hall–Kier alpha value is -1.46. The van der Waals surface area contributed by atoms with E-state index in [2.05, 4.69) is 34.8 Å². The van der Waals surface area contributed by atoms with Crippen molar-refractivity contribution in [2.45, 2.75) is 32.2 Å². The van der Waals surface area contributed by atoms with Crippen LogP contribution in [0.3, 0.4) is 0 Å². The van der Waals surface area contributed by atoms with Crippen molar-refractivity contribution >= 4 is 5.91 Å². The van der Waals surface area contributed by atoms with E-state index >= 15 is 0 Å². The zero-order valence-electron chi connectivity index (χ0n) is 14.4. The van der Waals surface area contributed by atoms with Gasteiger partial charge in [0.15, 0.2) is 0 Å². The minimum atomic E-state index is 0.0833. The third-order valence-electron chi connectivity index (χ3n) is 5.05. The molecule has 0 N–H and O–H groups in total. The molecule has 1 amide bonds. The molecule has 2 aliphatic heterocycles. The molecule has 126 valence electrons. The summed E-state index contributed by atoms with van der Waals surface area (Å²) in [6.07, 6.45) is 5.27. The van der Waals surface area contributed by atoms with Crippen LogP contribution in [0.5, 0.6) is 0 Å². The summed E-state index contributed by atoms with van der Waals surface area (Å²) in [4.78, 5) is 24.0. The first-order valence-electron chi connectivity index (χ1n) is 8.84. The number of amides is 1. The Morgan fingerprint density at radius 3 is 2.78 bits per heavy atom. The highest BCUT2D eigenvalue weighted by Gasteiger charge is 2.33. The molecule has 1 aromatic rings. The van der Waals surface area contributed by atoms with Gasteiger partial charge in [0.05, 0.1) is 0 Å². The van der Waals surface area contributed by atoms with E-state index in [-0.39, 0.29) is 5.91 Å². The minimum absolute atomic E-state index is 0.0833. The van der Waals surface area contributed by atoms with Crippen molar-refractivity contribution in [2.75, 3.05) is 46.3 Å². The van der Waals surface area contributed by atoms with Gasteiger partial charge in [0.25, 0.3) is 5.91 Å². The van der Waals surface area contributed by atoms with E-state index in [0.29, 0.717) is 11.7 Å². The van der Waals surface area contributed by atoms with Crippen LogP contribution in [0.25, 0.3) is 0 Å². The largest absolute Gasteiger partial charge is 0.334 e. The van der Waals surface area contributed by atoms with Crippen LogP contribution >= 0.6 is 0 Å². The van der Waals surface area contributed by atoms with Crippen LogP contribution in [0, 0.1) is 0 Å². The van der Waals surface area contributed by atoms with Gasteiger partial charge < -0.3 is 9.80 Å². The number of fused-ring (bicyclic) bond motifs is 1. The third kappa shape index (κ3) is 3.90. The molecule has 2 aliphatic rings. The van der Waals surface area contributed by atoms with Crippen molar-refractivity contribution in [3.05, 3.63) is 29.6 Å². The molecule has 0 bridgehead atoms. The van der Waals surface area contributed by atoms with Crippen molar-refractivity contribution in [3.63, 3.8) is 0 Å². The lowest BCUT2D eigenvalue weighted by Gasteiger charge is -2.46. The molecule has 2 fully saturated rings. The van der Waals surface area contributed by atoms with E-state index in [1.165, 1.54) is 18.4 Å². The molecule has 1 aromatic heterocycles. The molecule has 3 heterocycles. The fourth-order valence-corrected chi connectivity index (χ4v) is 3.54. The second kappa shape index (κ2) is 7.41. The van der Waals surface area contributed by atoms with Crippen LogP contribution in [0.15, 0.2) is 18.3 Å². The number of hydrogen-bond acceptors (Lipinski definition) is 4. The van der Waals surface area contributed by atoms with Gasteiger partial charge in [-0.3, -0.25) is 14.7 Å². The van der Waals surface area contributed by atoms with Crippen molar-refractivity contribution in [3.8, 4) is 0 Å². The number of carbonyl (C=O) groups excluding carboxylic acids is 1. The van der Waals surface area contributed by atoms with Gasteiger partial charge in [-0.25, -0.2) is 0 Å². The smallest absolute Gasteiger partial charge is 0.272 e. The lowest BCUT2D eigenvalue weighted by atomic mass is 10.1. The van der Waals surface area contributed by atoms with Crippen molar-refractivity contribution in [1.82, 2.24) is 19.7 Å². The number of aromatic nitrogens is 1. The fraction of sp³-hybridized carbons (Fsp3) is 0.667. The van der Waals surface area contributed by atoms with Crippen LogP contribution in [0.1, 0.15) is 35.8 Å². The van der Waals surface area contributed by atoms with Gasteiger partial charge in [-0.15, -0.1) is 0 Å². The second-order valence-corrected chi connectivity index (χ2v) is 6.86. The Kier molecular flexibility index (Phi) is 5.28. The lowest BCUT2D eigenvalue weighted by Crippen LogP contribution is -2.62. The number of pyridine rings is 1. The van der Waals surface area contributed by atoms with Crippen molar-refractivity contribution < 1.29 is 4.79 Å². The summed E-state index contributed by atoms with van der Waals surface area (Å²) in [5, 5.41) is 0. The van der Waals surface area contributed by atoms with E-state index in [1.54, 1.807) is 0 Å². The van der Waals surface area contributed by atoms with Gasteiger partial charge in [0, 0.05) is 51.5 Å². The maximum Gasteiger partial charge on any atom is 0.272 e. The molecule has 3 rings (SSSR count).